The van der Waals surface area contributed by atoms with Gasteiger partial charge in [-0.25, -0.2) is 4.98 Å². The van der Waals surface area contributed by atoms with Crippen LogP contribution in [0.15, 0.2) is 146 Å². The highest BCUT2D eigenvalue weighted by atomic mass is 32.1. The van der Waals surface area contributed by atoms with E-state index in [1.807, 2.05) is 12.3 Å². The van der Waals surface area contributed by atoms with E-state index in [2.05, 4.69) is 158 Å². The molecule has 1 nitrogen and oxygen atoms in total. The lowest BCUT2D eigenvalue weighted by molar-refractivity contribution is 1.45. The summed E-state index contributed by atoms with van der Waals surface area (Å²) in [6.45, 7) is 7.19. The van der Waals surface area contributed by atoms with Gasteiger partial charge in [0.05, 0.1) is 8.07 Å². The van der Waals surface area contributed by atoms with Crippen LogP contribution in [0.4, 0.5) is 0 Å². The van der Waals surface area contributed by atoms with Gasteiger partial charge in [-0.1, -0.05) is 140 Å². The van der Waals surface area contributed by atoms with Crippen molar-refractivity contribution >= 4 is 55.7 Å². The molecule has 0 spiro atoms. The number of nitrogens with zero attached hydrogens (tertiary/aromatic N) is 1. The molecule has 2 aromatic heterocycles. The normalized spacial score (nSPS) is 11.9. The molecular formula is C42H33NSSi. The minimum Gasteiger partial charge on any atom is -0.245 e. The molecule has 2 heterocycles. The molecule has 0 saturated heterocycles. The smallest absolute Gasteiger partial charge is 0.124 e. The Morgan fingerprint density at radius 1 is 0.467 bits per heavy atom. The molecule has 0 aliphatic carbocycles. The first kappa shape index (κ1) is 27.7. The van der Waals surface area contributed by atoms with Crippen LogP contribution < -0.4 is 5.19 Å². The topological polar surface area (TPSA) is 12.9 Å². The Morgan fingerprint density at radius 2 is 0.978 bits per heavy atom. The molecule has 0 radical (unpaired) electrons. The lowest BCUT2D eigenvalue weighted by Gasteiger charge is -2.16. The third-order valence-electron chi connectivity index (χ3n) is 8.95. The first-order valence-corrected chi connectivity index (χ1v) is 19.8. The molecule has 3 heteroatoms. The van der Waals surface area contributed by atoms with Gasteiger partial charge in [0.2, 0.25) is 0 Å². The highest BCUT2D eigenvalue weighted by Crippen LogP contribution is 2.39. The maximum Gasteiger partial charge on any atom is 0.124 e. The Labute approximate surface area is 269 Å². The van der Waals surface area contributed by atoms with Crippen molar-refractivity contribution in [2.75, 3.05) is 0 Å². The van der Waals surface area contributed by atoms with Gasteiger partial charge in [0, 0.05) is 21.7 Å². The van der Waals surface area contributed by atoms with E-state index < -0.39 is 8.07 Å². The van der Waals surface area contributed by atoms with E-state index in [4.69, 9.17) is 0 Å². The molecule has 0 amide bonds. The minimum atomic E-state index is -1.29. The molecule has 6 aromatic carbocycles. The summed E-state index contributed by atoms with van der Waals surface area (Å²) in [6, 6.07) is 51.5. The third-order valence-corrected chi connectivity index (χ3v) is 12.2. The van der Waals surface area contributed by atoms with E-state index in [0.29, 0.717) is 0 Å². The summed E-state index contributed by atoms with van der Waals surface area (Å²) < 4.78 is 1.30. The maximum absolute atomic E-state index is 4.60. The molecule has 216 valence electrons. The van der Waals surface area contributed by atoms with Crippen LogP contribution in [-0.2, 0) is 0 Å². The molecule has 0 fully saturated rings. The standard InChI is InChI=1S/C42H33NSSi/c1-45(2,3)37-23-21-29(22-24-37)28-9-11-30(12-10-28)34-19-15-32-16-20-35(27-36(32)26-34)31-13-17-33(18-14-31)38-6-4-7-39-40-8-5-25-43-42(40)44-41(38)39/h4-27H,1-3H3. The van der Waals surface area contributed by atoms with Gasteiger partial charge >= 0.3 is 0 Å². The molecule has 45 heavy (non-hydrogen) atoms. The van der Waals surface area contributed by atoms with Crippen molar-refractivity contribution in [3.05, 3.63) is 146 Å². The van der Waals surface area contributed by atoms with Crippen LogP contribution >= 0.6 is 11.3 Å². The summed E-state index contributed by atoms with van der Waals surface area (Å²) in [5, 5.41) is 6.51. The van der Waals surface area contributed by atoms with Gasteiger partial charge in [0.25, 0.3) is 0 Å². The molecule has 8 aromatic rings. The zero-order chi connectivity index (χ0) is 30.5. The monoisotopic (exact) mass is 611 g/mol. The summed E-state index contributed by atoms with van der Waals surface area (Å²) in [4.78, 5) is 5.70. The maximum atomic E-state index is 4.60. The van der Waals surface area contributed by atoms with Crippen molar-refractivity contribution in [3.8, 4) is 44.5 Å². The number of fused-ring (bicyclic) bond motifs is 4. The van der Waals surface area contributed by atoms with Gasteiger partial charge in [-0.3, -0.25) is 0 Å². The number of benzene rings is 6. The van der Waals surface area contributed by atoms with Crippen LogP contribution in [-0.4, -0.2) is 13.1 Å². The summed E-state index contributed by atoms with van der Waals surface area (Å²) >= 11 is 1.78. The first-order valence-electron chi connectivity index (χ1n) is 15.5. The van der Waals surface area contributed by atoms with Crippen LogP contribution in [0.3, 0.4) is 0 Å². The number of pyridine rings is 1. The Bertz CT molecular complexity index is 2320. The van der Waals surface area contributed by atoms with Crippen LogP contribution in [0.5, 0.6) is 0 Å². The summed E-state index contributed by atoms with van der Waals surface area (Å²) in [7, 11) is -1.29. The third kappa shape index (κ3) is 5.18. The average molecular weight is 612 g/mol. The van der Waals surface area contributed by atoms with E-state index in [1.165, 1.54) is 75.9 Å². The van der Waals surface area contributed by atoms with Gasteiger partial charge < -0.3 is 0 Å². The largest absolute Gasteiger partial charge is 0.245 e. The van der Waals surface area contributed by atoms with Crippen molar-refractivity contribution in [2.24, 2.45) is 0 Å². The van der Waals surface area contributed by atoms with Crippen LogP contribution in [0.1, 0.15) is 0 Å². The SMILES string of the molecule is C[Si](C)(C)c1ccc(-c2ccc(-c3ccc4ccc(-c5ccc(-c6cccc7c6sc6ncccc67)cc5)cc4c3)cc2)cc1. The molecule has 0 N–H and O–H groups in total. The van der Waals surface area contributed by atoms with Gasteiger partial charge in [-0.15, -0.1) is 11.3 Å². The van der Waals surface area contributed by atoms with Crippen molar-refractivity contribution in [1.82, 2.24) is 4.98 Å². The van der Waals surface area contributed by atoms with Crippen LogP contribution in [0.25, 0.3) is 75.6 Å². The molecule has 0 unspecified atom stereocenters. The highest BCUT2D eigenvalue weighted by Gasteiger charge is 2.16. The number of hydrogen-bond acceptors (Lipinski definition) is 2. The van der Waals surface area contributed by atoms with E-state index in [0.717, 1.165) is 4.83 Å². The van der Waals surface area contributed by atoms with Crippen molar-refractivity contribution in [1.29, 1.82) is 0 Å². The van der Waals surface area contributed by atoms with Crippen molar-refractivity contribution in [2.45, 2.75) is 19.6 Å². The van der Waals surface area contributed by atoms with E-state index in [1.54, 1.807) is 11.3 Å². The predicted molar refractivity (Wildman–Crippen MR) is 199 cm³/mol. The molecule has 0 atom stereocenters. The second-order valence-corrected chi connectivity index (χ2v) is 19.0. The van der Waals surface area contributed by atoms with Crippen molar-refractivity contribution in [3.63, 3.8) is 0 Å². The van der Waals surface area contributed by atoms with Gasteiger partial charge in [0.15, 0.2) is 0 Å². The fourth-order valence-electron chi connectivity index (χ4n) is 6.33. The lowest BCUT2D eigenvalue weighted by Crippen LogP contribution is -2.37. The number of hydrogen-bond donors (Lipinski definition) is 0. The van der Waals surface area contributed by atoms with Crippen LogP contribution in [0, 0.1) is 0 Å². The van der Waals surface area contributed by atoms with Gasteiger partial charge in [-0.05, 0) is 79.5 Å². The van der Waals surface area contributed by atoms with Crippen LogP contribution in [0.2, 0.25) is 19.6 Å². The zero-order valence-electron chi connectivity index (χ0n) is 25.7. The Hall–Kier alpha value is -4.83. The lowest BCUT2D eigenvalue weighted by atomic mass is 9.95. The molecule has 0 saturated carbocycles. The zero-order valence-corrected chi connectivity index (χ0v) is 27.5. The summed E-state index contributed by atoms with van der Waals surface area (Å²) in [5.41, 5.74) is 9.95. The Balaban J connectivity index is 1.07. The molecule has 0 aliphatic rings. The van der Waals surface area contributed by atoms with E-state index in [-0.39, 0.29) is 0 Å². The second kappa shape index (κ2) is 11.0. The Kier molecular flexibility index (Phi) is 6.74. The van der Waals surface area contributed by atoms with Gasteiger partial charge in [0.1, 0.15) is 4.83 Å². The quantitative estimate of drug-likeness (QED) is 0.176. The van der Waals surface area contributed by atoms with E-state index >= 15 is 0 Å². The van der Waals surface area contributed by atoms with Gasteiger partial charge in [-0.2, -0.15) is 0 Å². The molecule has 0 aliphatic heterocycles. The molecule has 8 rings (SSSR count). The highest BCUT2D eigenvalue weighted by molar-refractivity contribution is 7.26. The first-order chi connectivity index (χ1) is 21.9. The molecular weight excluding hydrogens is 579 g/mol. The minimum absolute atomic E-state index is 1.09. The van der Waals surface area contributed by atoms with Crippen molar-refractivity contribution < 1.29 is 0 Å². The second-order valence-electron chi connectivity index (χ2n) is 12.9. The molecule has 0 bridgehead atoms. The fourth-order valence-corrected chi connectivity index (χ4v) is 8.67. The fraction of sp³-hybridized carbons (Fsp3) is 0.0714. The van der Waals surface area contributed by atoms with E-state index in [9.17, 15) is 0 Å². The number of thiophene rings is 1. The average Bonchev–Trinajstić information content (AvgIpc) is 3.47. The predicted octanol–water partition coefficient (Wildman–Crippen LogP) is 11.8. The number of rotatable bonds is 5. The summed E-state index contributed by atoms with van der Waals surface area (Å²) in [5.74, 6) is 0. The Morgan fingerprint density at radius 3 is 1.58 bits per heavy atom. The summed E-state index contributed by atoms with van der Waals surface area (Å²) in [6.07, 6.45) is 1.88. The number of aromatic nitrogens is 1.